The third kappa shape index (κ3) is 2.59. The highest BCUT2D eigenvalue weighted by molar-refractivity contribution is 5.54. The molecule has 1 aliphatic rings. The van der Waals surface area contributed by atoms with Crippen LogP contribution >= 0.6 is 0 Å². The standard InChI is InChI=1S/C14H20N4O3/c1-16-12(11(9-15)13(20)17(2)14(16)21)18-7-4-3-5-10(18)6-8-19/h10,19H,3-8H2,1-2H3. The molecule has 1 aromatic heterocycles. The molecule has 21 heavy (non-hydrogen) atoms. The number of rotatable bonds is 3. The first-order valence-corrected chi connectivity index (χ1v) is 7.10. The van der Waals surface area contributed by atoms with Crippen LogP contribution in [0.15, 0.2) is 9.59 Å². The van der Waals surface area contributed by atoms with Crippen molar-refractivity contribution >= 4 is 5.82 Å². The molecular formula is C14H20N4O3. The van der Waals surface area contributed by atoms with Crippen LogP contribution in [0.1, 0.15) is 31.2 Å². The highest BCUT2D eigenvalue weighted by Gasteiger charge is 2.28. The summed E-state index contributed by atoms with van der Waals surface area (Å²) in [6.07, 6.45) is 3.43. The van der Waals surface area contributed by atoms with Gasteiger partial charge in [0, 0.05) is 33.3 Å². The summed E-state index contributed by atoms with van der Waals surface area (Å²) >= 11 is 0. The lowest BCUT2D eigenvalue weighted by molar-refractivity contribution is 0.261. The summed E-state index contributed by atoms with van der Waals surface area (Å²) in [5, 5.41) is 18.5. The van der Waals surface area contributed by atoms with Gasteiger partial charge in [0.05, 0.1) is 0 Å². The van der Waals surface area contributed by atoms with Crippen molar-refractivity contribution in [1.29, 1.82) is 5.26 Å². The molecule has 1 saturated heterocycles. The number of piperidine rings is 1. The Morgan fingerprint density at radius 3 is 2.62 bits per heavy atom. The van der Waals surface area contributed by atoms with Gasteiger partial charge in [0.15, 0.2) is 5.56 Å². The van der Waals surface area contributed by atoms with E-state index in [2.05, 4.69) is 0 Å². The zero-order valence-corrected chi connectivity index (χ0v) is 12.4. The molecule has 2 heterocycles. The molecule has 0 aromatic carbocycles. The molecular weight excluding hydrogens is 272 g/mol. The van der Waals surface area contributed by atoms with Gasteiger partial charge in [-0.1, -0.05) is 0 Å². The summed E-state index contributed by atoms with van der Waals surface area (Å²) in [4.78, 5) is 26.2. The Morgan fingerprint density at radius 1 is 1.29 bits per heavy atom. The Balaban J connectivity index is 2.65. The molecule has 1 N–H and O–H groups in total. The van der Waals surface area contributed by atoms with Crippen molar-refractivity contribution in [2.75, 3.05) is 18.1 Å². The van der Waals surface area contributed by atoms with Crippen molar-refractivity contribution in [3.63, 3.8) is 0 Å². The predicted octanol–water partition coefficient (Wildman–Crippen LogP) is -0.303. The highest BCUT2D eigenvalue weighted by atomic mass is 16.3. The molecule has 0 bridgehead atoms. The minimum Gasteiger partial charge on any atom is -0.396 e. The number of anilines is 1. The van der Waals surface area contributed by atoms with E-state index in [0.717, 1.165) is 23.8 Å². The molecule has 1 aliphatic heterocycles. The zero-order valence-electron chi connectivity index (χ0n) is 12.4. The molecule has 0 saturated carbocycles. The molecule has 1 fully saturated rings. The molecule has 7 nitrogen and oxygen atoms in total. The van der Waals surface area contributed by atoms with Crippen LogP contribution in [0.4, 0.5) is 5.82 Å². The largest absolute Gasteiger partial charge is 0.396 e. The summed E-state index contributed by atoms with van der Waals surface area (Å²) in [6, 6.07) is 1.99. The lowest BCUT2D eigenvalue weighted by atomic mass is 9.99. The Labute approximate surface area is 122 Å². The van der Waals surface area contributed by atoms with Gasteiger partial charge in [0.2, 0.25) is 0 Å². The van der Waals surface area contributed by atoms with Crippen molar-refractivity contribution in [2.45, 2.75) is 31.7 Å². The van der Waals surface area contributed by atoms with E-state index in [1.54, 1.807) is 7.05 Å². The van der Waals surface area contributed by atoms with Gasteiger partial charge in [-0.3, -0.25) is 13.9 Å². The number of nitrogens with zero attached hydrogens (tertiary/aromatic N) is 4. The molecule has 1 unspecified atom stereocenters. The second-order valence-electron chi connectivity index (χ2n) is 5.37. The van der Waals surface area contributed by atoms with E-state index in [9.17, 15) is 20.0 Å². The average Bonchev–Trinajstić information content (AvgIpc) is 2.50. The number of aliphatic hydroxyl groups is 1. The molecule has 0 amide bonds. The number of aliphatic hydroxyl groups excluding tert-OH is 1. The van der Waals surface area contributed by atoms with E-state index in [1.165, 1.54) is 11.6 Å². The summed E-state index contributed by atoms with van der Waals surface area (Å²) in [7, 11) is 2.94. The van der Waals surface area contributed by atoms with E-state index in [1.807, 2.05) is 11.0 Å². The van der Waals surface area contributed by atoms with E-state index in [4.69, 9.17) is 0 Å². The predicted molar refractivity (Wildman–Crippen MR) is 78.3 cm³/mol. The number of hydrogen-bond donors (Lipinski definition) is 1. The SMILES string of the molecule is Cn1c(N2CCCCC2CCO)c(C#N)c(=O)n(C)c1=O. The fourth-order valence-corrected chi connectivity index (χ4v) is 3.00. The van der Waals surface area contributed by atoms with Gasteiger partial charge in [-0.15, -0.1) is 0 Å². The molecule has 0 radical (unpaired) electrons. The van der Waals surface area contributed by atoms with Crippen LogP contribution in [0.25, 0.3) is 0 Å². The summed E-state index contributed by atoms with van der Waals surface area (Å²) in [5.74, 6) is 0.378. The minimum atomic E-state index is -0.566. The Bertz CT molecular complexity index is 681. The van der Waals surface area contributed by atoms with Crippen LogP contribution < -0.4 is 16.1 Å². The number of aromatic nitrogens is 2. The van der Waals surface area contributed by atoms with Crippen molar-refractivity contribution in [2.24, 2.45) is 14.1 Å². The summed E-state index contributed by atoms with van der Waals surface area (Å²) < 4.78 is 2.31. The van der Waals surface area contributed by atoms with Gasteiger partial charge in [-0.2, -0.15) is 5.26 Å². The molecule has 1 aromatic rings. The van der Waals surface area contributed by atoms with Crippen molar-refractivity contribution < 1.29 is 5.11 Å². The maximum atomic E-state index is 12.2. The van der Waals surface area contributed by atoms with Crippen molar-refractivity contribution in [3.8, 4) is 6.07 Å². The van der Waals surface area contributed by atoms with Crippen molar-refractivity contribution in [3.05, 3.63) is 26.4 Å². The van der Waals surface area contributed by atoms with Crippen LogP contribution in [0.2, 0.25) is 0 Å². The fraction of sp³-hybridized carbons (Fsp3) is 0.643. The molecule has 0 aliphatic carbocycles. The van der Waals surface area contributed by atoms with Crippen molar-refractivity contribution in [1.82, 2.24) is 9.13 Å². The number of hydrogen-bond acceptors (Lipinski definition) is 5. The first kappa shape index (κ1) is 15.3. The van der Waals surface area contributed by atoms with Gasteiger partial charge in [-0.05, 0) is 25.7 Å². The lowest BCUT2D eigenvalue weighted by Crippen LogP contribution is -2.47. The normalized spacial score (nSPS) is 18.6. The zero-order chi connectivity index (χ0) is 15.6. The van der Waals surface area contributed by atoms with Gasteiger partial charge >= 0.3 is 5.69 Å². The first-order chi connectivity index (χ1) is 10.0. The smallest absolute Gasteiger partial charge is 0.332 e. The third-order valence-electron chi connectivity index (χ3n) is 4.11. The summed E-state index contributed by atoms with van der Waals surface area (Å²) in [6.45, 7) is 0.724. The van der Waals surface area contributed by atoms with Crippen LogP contribution in [0, 0.1) is 11.3 Å². The quantitative estimate of drug-likeness (QED) is 0.825. The molecule has 0 spiro atoms. The van der Waals surface area contributed by atoms with Crippen LogP contribution in [0.3, 0.4) is 0 Å². The van der Waals surface area contributed by atoms with Crippen LogP contribution in [0.5, 0.6) is 0 Å². The van der Waals surface area contributed by atoms with Gasteiger partial charge in [0.1, 0.15) is 11.9 Å². The second kappa shape index (κ2) is 6.14. The van der Waals surface area contributed by atoms with Crippen LogP contribution in [-0.2, 0) is 14.1 Å². The molecule has 1 atom stereocenters. The first-order valence-electron chi connectivity index (χ1n) is 7.10. The van der Waals surface area contributed by atoms with Gasteiger partial charge in [-0.25, -0.2) is 4.79 Å². The highest BCUT2D eigenvalue weighted by Crippen LogP contribution is 2.26. The maximum Gasteiger partial charge on any atom is 0.332 e. The summed E-state index contributed by atoms with van der Waals surface area (Å²) in [5.41, 5.74) is -1.02. The van der Waals surface area contributed by atoms with Gasteiger partial charge < -0.3 is 10.0 Å². The lowest BCUT2D eigenvalue weighted by Gasteiger charge is -2.38. The van der Waals surface area contributed by atoms with Crippen LogP contribution in [-0.4, -0.2) is 33.4 Å². The van der Waals surface area contributed by atoms with E-state index in [-0.39, 0.29) is 18.2 Å². The Morgan fingerprint density at radius 2 is 2.00 bits per heavy atom. The maximum absolute atomic E-state index is 12.2. The van der Waals surface area contributed by atoms with E-state index >= 15 is 0 Å². The van der Waals surface area contributed by atoms with Gasteiger partial charge in [0.25, 0.3) is 5.56 Å². The molecule has 114 valence electrons. The molecule has 2 rings (SSSR count). The monoisotopic (exact) mass is 292 g/mol. The molecule has 7 heteroatoms. The Kier molecular flexibility index (Phi) is 4.48. The minimum absolute atomic E-state index is 0.00978. The Hall–Kier alpha value is -2.07. The fourth-order valence-electron chi connectivity index (χ4n) is 3.00. The third-order valence-corrected chi connectivity index (χ3v) is 4.11. The second-order valence-corrected chi connectivity index (χ2v) is 5.37. The van der Waals surface area contributed by atoms with E-state index < -0.39 is 11.2 Å². The topological polar surface area (TPSA) is 91.3 Å². The number of nitriles is 1. The average molecular weight is 292 g/mol. The van der Waals surface area contributed by atoms with E-state index in [0.29, 0.717) is 18.8 Å².